The van der Waals surface area contributed by atoms with Crippen LogP contribution in [-0.4, -0.2) is 26.4 Å². The van der Waals surface area contributed by atoms with Crippen LogP contribution in [0.15, 0.2) is 22.2 Å². The van der Waals surface area contributed by atoms with Gasteiger partial charge in [0.25, 0.3) is 5.56 Å². The van der Waals surface area contributed by atoms with Crippen molar-refractivity contribution in [3.8, 4) is 0 Å². The fourth-order valence-electron chi connectivity index (χ4n) is 1.15. The Balaban J connectivity index is 2.80. The van der Waals surface area contributed by atoms with Crippen LogP contribution in [0.3, 0.4) is 0 Å². The molecule has 1 rings (SSSR count). The second kappa shape index (κ2) is 6.32. The van der Waals surface area contributed by atoms with Gasteiger partial charge < -0.3 is 9.67 Å². The second-order valence-corrected chi connectivity index (χ2v) is 4.22. The van der Waals surface area contributed by atoms with Crippen molar-refractivity contribution in [2.24, 2.45) is 0 Å². The number of carboxylic acid groups (broad SMARTS) is 1. The molecule has 0 saturated carbocycles. The molecule has 0 unspecified atom stereocenters. The third-order valence-electron chi connectivity index (χ3n) is 1.93. The van der Waals surface area contributed by atoms with Crippen LogP contribution < -0.4 is 5.56 Å². The summed E-state index contributed by atoms with van der Waals surface area (Å²) in [5.41, 5.74) is -0.333. The van der Waals surface area contributed by atoms with Gasteiger partial charge in [-0.3, -0.25) is 9.59 Å². The molecule has 0 aliphatic heterocycles. The van der Waals surface area contributed by atoms with Crippen LogP contribution in [0.2, 0.25) is 0 Å². The van der Waals surface area contributed by atoms with Crippen LogP contribution in [0.4, 0.5) is 0 Å². The lowest BCUT2D eigenvalue weighted by Gasteiger charge is -2.09. The third kappa shape index (κ3) is 4.06. The number of carbonyl (C=O) groups is 1. The molecule has 0 fully saturated rings. The molecule has 0 aliphatic rings. The number of thioether (sulfide) groups is 1. The molecule has 1 heterocycles. The topological polar surface area (TPSA) is 72.2 Å². The molecular formula is C10H14N2O3S. The van der Waals surface area contributed by atoms with E-state index in [1.54, 1.807) is 6.20 Å². The van der Waals surface area contributed by atoms with Crippen LogP contribution >= 0.6 is 11.8 Å². The van der Waals surface area contributed by atoms with Crippen molar-refractivity contribution in [3.63, 3.8) is 0 Å². The van der Waals surface area contributed by atoms with Gasteiger partial charge in [-0.05, 0) is 6.42 Å². The molecule has 0 aromatic carbocycles. The number of rotatable bonds is 6. The Kier molecular flexibility index (Phi) is 5.04. The van der Waals surface area contributed by atoms with Crippen molar-refractivity contribution >= 4 is 17.7 Å². The summed E-state index contributed by atoms with van der Waals surface area (Å²) in [6.45, 7) is 2.83. The van der Waals surface area contributed by atoms with E-state index in [-0.39, 0.29) is 11.3 Å². The van der Waals surface area contributed by atoms with Crippen molar-refractivity contribution in [1.29, 1.82) is 0 Å². The molecule has 0 radical (unpaired) electrons. The van der Waals surface area contributed by atoms with E-state index >= 15 is 0 Å². The number of hydrogen-bond acceptors (Lipinski definition) is 4. The zero-order chi connectivity index (χ0) is 12.0. The molecule has 0 bridgehead atoms. The van der Waals surface area contributed by atoms with Crippen molar-refractivity contribution in [3.05, 3.63) is 22.6 Å². The van der Waals surface area contributed by atoms with Gasteiger partial charge in [0, 0.05) is 18.8 Å². The summed E-state index contributed by atoms with van der Waals surface area (Å²) in [7, 11) is 0. The minimum absolute atomic E-state index is 0.0808. The molecule has 0 spiro atoms. The van der Waals surface area contributed by atoms with Crippen LogP contribution in [0.5, 0.6) is 0 Å². The fourth-order valence-corrected chi connectivity index (χ4v) is 1.88. The molecule has 6 heteroatoms. The van der Waals surface area contributed by atoms with Gasteiger partial charge in [-0.2, -0.15) is 4.98 Å². The number of aromatic nitrogens is 2. The van der Waals surface area contributed by atoms with Crippen molar-refractivity contribution < 1.29 is 9.90 Å². The van der Waals surface area contributed by atoms with Gasteiger partial charge >= 0.3 is 5.97 Å². The van der Waals surface area contributed by atoms with E-state index in [0.717, 1.165) is 31.1 Å². The van der Waals surface area contributed by atoms with E-state index < -0.39 is 5.97 Å². The highest BCUT2D eigenvalue weighted by Crippen LogP contribution is 2.13. The zero-order valence-corrected chi connectivity index (χ0v) is 9.87. The Bertz CT molecular complexity index is 417. The lowest BCUT2D eigenvalue weighted by atomic mass is 10.3. The van der Waals surface area contributed by atoms with E-state index in [1.165, 1.54) is 6.07 Å². The second-order valence-electron chi connectivity index (χ2n) is 3.28. The smallest absolute Gasteiger partial charge is 0.313 e. The van der Waals surface area contributed by atoms with Gasteiger partial charge in [0.15, 0.2) is 5.16 Å². The summed E-state index contributed by atoms with van der Waals surface area (Å²) < 4.78 is 1.82. The first-order chi connectivity index (χ1) is 7.63. The molecule has 5 nitrogen and oxygen atoms in total. The summed E-state index contributed by atoms with van der Waals surface area (Å²) in [6, 6.07) is 1.39. The lowest BCUT2D eigenvalue weighted by molar-refractivity contribution is -0.133. The van der Waals surface area contributed by atoms with Gasteiger partial charge in [-0.1, -0.05) is 25.1 Å². The molecule has 0 atom stereocenters. The first-order valence-corrected chi connectivity index (χ1v) is 6.04. The van der Waals surface area contributed by atoms with Gasteiger partial charge in [0.05, 0.1) is 5.75 Å². The molecule has 1 aromatic heterocycles. The molecule has 0 aliphatic carbocycles. The maximum atomic E-state index is 11.1. The summed E-state index contributed by atoms with van der Waals surface area (Å²) in [4.78, 5) is 25.3. The third-order valence-corrected chi connectivity index (χ3v) is 2.90. The molecule has 1 N–H and O–H groups in total. The van der Waals surface area contributed by atoms with E-state index in [0.29, 0.717) is 5.16 Å². The fraction of sp³-hybridized carbons (Fsp3) is 0.500. The number of unbranched alkanes of at least 4 members (excludes halogenated alkanes) is 1. The van der Waals surface area contributed by atoms with Gasteiger partial charge in [0.2, 0.25) is 0 Å². The molecular weight excluding hydrogens is 228 g/mol. The Morgan fingerprint density at radius 1 is 1.62 bits per heavy atom. The van der Waals surface area contributed by atoms with Crippen LogP contribution in [0.1, 0.15) is 19.8 Å². The standard InChI is InChI=1S/C10H14N2O3S/c1-2-3-5-12-6-4-8(13)11-10(12)16-7-9(14)15/h4,6H,2-3,5,7H2,1H3,(H,14,15). The summed E-state index contributed by atoms with van der Waals surface area (Å²) in [5.74, 6) is -0.993. The highest BCUT2D eigenvalue weighted by atomic mass is 32.2. The first kappa shape index (κ1) is 12.8. The number of aliphatic carboxylic acids is 1. The number of aryl methyl sites for hydroxylation is 1. The summed E-state index contributed by atoms with van der Waals surface area (Å²) in [5, 5.41) is 9.05. The first-order valence-electron chi connectivity index (χ1n) is 5.05. The molecule has 88 valence electrons. The monoisotopic (exact) mass is 242 g/mol. The Morgan fingerprint density at radius 2 is 2.38 bits per heavy atom. The van der Waals surface area contributed by atoms with Crippen LogP contribution in [-0.2, 0) is 11.3 Å². The van der Waals surface area contributed by atoms with Gasteiger partial charge in [-0.25, -0.2) is 0 Å². The highest BCUT2D eigenvalue weighted by molar-refractivity contribution is 7.99. The maximum Gasteiger partial charge on any atom is 0.313 e. The predicted molar refractivity (Wildman–Crippen MR) is 61.8 cm³/mol. The molecule has 16 heavy (non-hydrogen) atoms. The van der Waals surface area contributed by atoms with Crippen LogP contribution in [0, 0.1) is 0 Å². The number of carboxylic acids is 1. The zero-order valence-electron chi connectivity index (χ0n) is 9.05. The highest BCUT2D eigenvalue weighted by Gasteiger charge is 2.06. The molecule has 0 amide bonds. The Hall–Kier alpha value is -1.30. The molecule has 1 aromatic rings. The summed E-state index contributed by atoms with van der Waals surface area (Å²) >= 11 is 1.07. The van der Waals surface area contributed by atoms with E-state index in [1.807, 2.05) is 4.57 Å². The van der Waals surface area contributed by atoms with Crippen molar-refractivity contribution in [2.45, 2.75) is 31.5 Å². The van der Waals surface area contributed by atoms with Gasteiger partial charge in [0.1, 0.15) is 0 Å². The van der Waals surface area contributed by atoms with Crippen molar-refractivity contribution in [1.82, 2.24) is 9.55 Å². The number of nitrogens with zero attached hydrogens (tertiary/aromatic N) is 2. The van der Waals surface area contributed by atoms with Crippen molar-refractivity contribution in [2.75, 3.05) is 5.75 Å². The Morgan fingerprint density at radius 3 is 3.00 bits per heavy atom. The van der Waals surface area contributed by atoms with E-state index in [9.17, 15) is 9.59 Å². The van der Waals surface area contributed by atoms with Gasteiger partial charge in [-0.15, -0.1) is 0 Å². The van der Waals surface area contributed by atoms with Crippen LogP contribution in [0.25, 0.3) is 0 Å². The van der Waals surface area contributed by atoms with E-state index in [4.69, 9.17) is 5.11 Å². The SMILES string of the molecule is CCCCn1ccc(=O)nc1SCC(=O)O. The predicted octanol–water partition coefficient (Wildman–Crippen LogP) is 1.22. The number of hydrogen-bond donors (Lipinski definition) is 1. The normalized spacial score (nSPS) is 10.3. The van der Waals surface area contributed by atoms with E-state index in [2.05, 4.69) is 11.9 Å². The quantitative estimate of drug-likeness (QED) is 0.600. The lowest BCUT2D eigenvalue weighted by Crippen LogP contribution is -2.14. The minimum Gasteiger partial charge on any atom is -0.481 e. The average molecular weight is 242 g/mol. The molecule has 0 saturated heterocycles. The minimum atomic E-state index is -0.912. The summed E-state index contributed by atoms with van der Waals surface area (Å²) in [6.07, 6.45) is 3.68. The maximum absolute atomic E-state index is 11.1. The largest absolute Gasteiger partial charge is 0.481 e. The Labute approximate surface area is 97.5 Å². The average Bonchev–Trinajstić information content (AvgIpc) is 2.25.